The summed E-state index contributed by atoms with van der Waals surface area (Å²) >= 11 is 0. The van der Waals surface area contributed by atoms with Crippen molar-refractivity contribution in [3.05, 3.63) is 168 Å². The summed E-state index contributed by atoms with van der Waals surface area (Å²) in [6.07, 6.45) is 0.947. The van der Waals surface area contributed by atoms with Crippen molar-refractivity contribution in [2.24, 2.45) is 9.98 Å². The quantitative estimate of drug-likeness (QED) is 0.170. The van der Waals surface area contributed by atoms with Crippen LogP contribution in [0, 0.1) is 0 Å². The number of para-hydroxylation sites is 2. The third-order valence-electron chi connectivity index (χ3n) is 7.04. The lowest BCUT2D eigenvalue weighted by Gasteiger charge is -2.33. The maximum atomic E-state index is 4.99. The molecule has 6 rings (SSSR count). The van der Waals surface area contributed by atoms with E-state index in [0.717, 1.165) is 34.5 Å². The minimum absolute atomic E-state index is 0.643. The lowest BCUT2D eigenvalue weighted by molar-refractivity contribution is 1.09. The molecule has 188 valence electrons. The third kappa shape index (κ3) is 5.07. The van der Waals surface area contributed by atoms with Gasteiger partial charge in [0.15, 0.2) is 5.84 Å². The zero-order chi connectivity index (χ0) is 26.6. The summed E-state index contributed by atoms with van der Waals surface area (Å²) in [5.74, 6) is 0.643. The van der Waals surface area contributed by atoms with E-state index in [9.17, 15) is 0 Å². The number of hydrogen-bond donors (Lipinski definition) is 0. The van der Waals surface area contributed by atoms with E-state index < -0.39 is 0 Å². The molecule has 0 unspecified atom stereocenters. The van der Waals surface area contributed by atoms with Gasteiger partial charge < -0.3 is 4.90 Å². The molecule has 0 saturated heterocycles. The van der Waals surface area contributed by atoms with Crippen molar-refractivity contribution in [3.63, 3.8) is 0 Å². The Bertz CT molecular complexity index is 1640. The molecule has 1 aliphatic rings. The van der Waals surface area contributed by atoms with Gasteiger partial charge in [-0.1, -0.05) is 116 Å². The molecule has 1 heterocycles. The zero-order valence-corrected chi connectivity index (χ0v) is 22.0. The smallest absolute Gasteiger partial charge is 0.160 e. The van der Waals surface area contributed by atoms with Crippen LogP contribution in [-0.4, -0.2) is 11.5 Å². The summed E-state index contributed by atoms with van der Waals surface area (Å²) in [6.45, 7) is 6.24. The normalized spacial score (nSPS) is 13.0. The third-order valence-corrected chi connectivity index (χ3v) is 7.04. The molecule has 0 atom stereocenters. The van der Waals surface area contributed by atoms with Crippen LogP contribution in [0.3, 0.4) is 0 Å². The molecule has 0 spiro atoms. The van der Waals surface area contributed by atoms with Crippen molar-refractivity contribution in [1.82, 2.24) is 0 Å². The number of nitrogens with zero attached hydrogens (tertiary/aromatic N) is 3. The number of hydrogen-bond acceptors (Lipinski definition) is 2. The van der Waals surface area contributed by atoms with Crippen molar-refractivity contribution in [3.8, 4) is 0 Å². The topological polar surface area (TPSA) is 28.0 Å². The molecular weight excluding hydrogens is 474 g/mol. The molecular formula is C36H29N3. The maximum Gasteiger partial charge on any atom is 0.160 e. The van der Waals surface area contributed by atoms with Gasteiger partial charge in [0.25, 0.3) is 0 Å². The molecule has 0 aromatic heterocycles. The van der Waals surface area contributed by atoms with Crippen LogP contribution in [0.15, 0.2) is 150 Å². The molecule has 0 fully saturated rings. The first-order valence-corrected chi connectivity index (χ1v) is 13.2. The molecule has 3 nitrogen and oxygen atoms in total. The van der Waals surface area contributed by atoms with Crippen LogP contribution in [-0.2, 0) is 6.42 Å². The Labute approximate surface area is 230 Å². The first-order valence-electron chi connectivity index (χ1n) is 13.2. The first kappa shape index (κ1) is 24.3. The minimum atomic E-state index is 0.643. The average molecular weight is 504 g/mol. The molecule has 0 radical (unpaired) electrons. The van der Waals surface area contributed by atoms with E-state index in [1.807, 2.05) is 67.6 Å². The molecule has 3 heteroatoms. The number of amidine groups is 1. The van der Waals surface area contributed by atoms with Crippen molar-refractivity contribution in [2.75, 3.05) is 4.90 Å². The van der Waals surface area contributed by atoms with Crippen LogP contribution in [0.5, 0.6) is 0 Å². The summed E-state index contributed by atoms with van der Waals surface area (Å²) in [5.41, 5.74) is 10.8. The maximum absolute atomic E-state index is 4.99. The highest BCUT2D eigenvalue weighted by Gasteiger charge is 2.23. The Morgan fingerprint density at radius 1 is 0.564 bits per heavy atom. The Hall–Kier alpha value is -5.02. The Morgan fingerprint density at radius 3 is 1.67 bits per heavy atom. The molecule has 0 aliphatic carbocycles. The van der Waals surface area contributed by atoms with Crippen LogP contribution in [0.4, 0.5) is 17.1 Å². The van der Waals surface area contributed by atoms with Crippen LogP contribution >= 0.6 is 0 Å². The summed E-state index contributed by atoms with van der Waals surface area (Å²) in [6, 6.07) is 46.0. The molecule has 0 N–H and O–H groups in total. The first-order chi connectivity index (χ1) is 19.2. The molecule has 5 aromatic rings. The minimum Gasteiger partial charge on any atom is -0.310 e. The number of benzene rings is 5. The molecule has 5 aromatic carbocycles. The van der Waals surface area contributed by atoms with E-state index in [1.165, 1.54) is 22.5 Å². The van der Waals surface area contributed by atoms with Gasteiger partial charge in [-0.2, -0.15) is 0 Å². The lowest BCUT2D eigenvalue weighted by atomic mass is 9.95. The van der Waals surface area contributed by atoms with Gasteiger partial charge in [0.2, 0.25) is 0 Å². The van der Waals surface area contributed by atoms with Crippen LogP contribution < -0.4 is 4.90 Å². The number of rotatable bonds is 5. The summed E-state index contributed by atoms with van der Waals surface area (Å²) in [7, 11) is 0. The Kier molecular flexibility index (Phi) is 6.71. The van der Waals surface area contributed by atoms with Crippen LogP contribution in [0.1, 0.15) is 34.7 Å². The summed E-state index contributed by atoms with van der Waals surface area (Å²) in [5, 5.41) is 0. The van der Waals surface area contributed by atoms with Gasteiger partial charge in [-0.15, -0.1) is 0 Å². The van der Waals surface area contributed by atoms with Gasteiger partial charge in [0.05, 0.1) is 5.70 Å². The van der Waals surface area contributed by atoms with Gasteiger partial charge >= 0.3 is 0 Å². The molecule has 39 heavy (non-hydrogen) atoms. The van der Waals surface area contributed by atoms with Crippen molar-refractivity contribution in [1.29, 1.82) is 0 Å². The monoisotopic (exact) mass is 503 g/mol. The van der Waals surface area contributed by atoms with E-state index in [2.05, 4.69) is 84.3 Å². The zero-order valence-electron chi connectivity index (χ0n) is 22.0. The predicted octanol–water partition coefficient (Wildman–Crippen LogP) is 8.99. The molecule has 0 amide bonds. The second-order valence-electron chi connectivity index (χ2n) is 9.63. The number of fused-ring (bicyclic) bond motifs is 2. The van der Waals surface area contributed by atoms with Crippen molar-refractivity contribution < 1.29 is 0 Å². The van der Waals surface area contributed by atoms with Gasteiger partial charge in [-0.25, -0.2) is 9.98 Å². The van der Waals surface area contributed by atoms with Crippen molar-refractivity contribution >= 4 is 34.3 Å². The average Bonchev–Trinajstić information content (AvgIpc) is 3.00. The second-order valence-corrected chi connectivity index (χ2v) is 9.63. The predicted molar refractivity (Wildman–Crippen MR) is 165 cm³/mol. The highest BCUT2D eigenvalue weighted by atomic mass is 15.2. The highest BCUT2D eigenvalue weighted by Crippen LogP contribution is 2.43. The van der Waals surface area contributed by atoms with Gasteiger partial charge in [0, 0.05) is 34.8 Å². The van der Waals surface area contributed by atoms with E-state index in [1.54, 1.807) is 0 Å². The fourth-order valence-electron chi connectivity index (χ4n) is 5.01. The van der Waals surface area contributed by atoms with Gasteiger partial charge in [-0.3, -0.25) is 0 Å². The van der Waals surface area contributed by atoms with Crippen LogP contribution in [0.2, 0.25) is 0 Å². The van der Waals surface area contributed by atoms with E-state index >= 15 is 0 Å². The number of anilines is 3. The van der Waals surface area contributed by atoms with Gasteiger partial charge in [-0.05, 0) is 53.4 Å². The highest BCUT2D eigenvalue weighted by molar-refractivity contribution is 6.12. The fourth-order valence-corrected chi connectivity index (χ4v) is 5.01. The molecule has 1 aliphatic heterocycles. The molecule has 0 saturated carbocycles. The van der Waals surface area contributed by atoms with E-state index in [4.69, 9.17) is 9.98 Å². The fraction of sp³-hybridized carbons (Fsp3) is 0.0556. The van der Waals surface area contributed by atoms with Crippen molar-refractivity contribution in [2.45, 2.75) is 13.3 Å². The number of aliphatic imine (C=N–C) groups is 2. The SMILES string of the molecule is C=C(N=C(N=C(C)c1ccc(N2c3ccccc3Cc3ccccc32)cc1)c1ccccc1)c1ccccc1. The molecule has 0 bridgehead atoms. The summed E-state index contributed by atoms with van der Waals surface area (Å²) in [4.78, 5) is 12.2. The van der Waals surface area contributed by atoms with Gasteiger partial charge in [0.1, 0.15) is 0 Å². The summed E-state index contributed by atoms with van der Waals surface area (Å²) < 4.78 is 0. The Balaban J connectivity index is 1.35. The standard InChI is InChI=1S/C36H29N3/c1-26(28-13-5-3-6-14-28)37-36(30-15-7-4-8-16-30)38-27(2)29-21-23-33(24-22-29)39-34-19-11-9-17-31(34)25-32-18-10-12-20-35(32)39/h3-24H,1,25H2,2H3. The Morgan fingerprint density at radius 2 is 1.08 bits per heavy atom. The van der Waals surface area contributed by atoms with E-state index in [0.29, 0.717) is 11.5 Å². The lowest BCUT2D eigenvalue weighted by Crippen LogP contribution is -2.18. The largest absolute Gasteiger partial charge is 0.310 e. The van der Waals surface area contributed by atoms with Crippen LogP contribution in [0.25, 0.3) is 5.70 Å². The second kappa shape index (κ2) is 10.8. The van der Waals surface area contributed by atoms with E-state index in [-0.39, 0.29) is 0 Å².